The summed E-state index contributed by atoms with van der Waals surface area (Å²) in [7, 11) is 0. The first kappa shape index (κ1) is 14.2. The van der Waals surface area contributed by atoms with E-state index in [1.807, 2.05) is 24.3 Å². The Morgan fingerprint density at radius 1 is 1.09 bits per heavy atom. The van der Waals surface area contributed by atoms with Crippen LogP contribution in [-0.2, 0) is 0 Å². The number of para-hydroxylation sites is 2. The zero-order valence-corrected chi connectivity index (χ0v) is 13.4. The van der Waals surface area contributed by atoms with Crippen LogP contribution in [0, 0.1) is 0 Å². The van der Waals surface area contributed by atoms with Crippen molar-refractivity contribution in [3.8, 4) is 10.6 Å². The number of carbonyl (C=O) groups excluding carboxylic acids is 1. The lowest BCUT2D eigenvalue weighted by Crippen LogP contribution is -2.10. The first-order valence-electron chi connectivity index (χ1n) is 6.80. The normalized spacial score (nSPS) is 11.2. The number of benzene rings is 2. The van der Waals surface area contributed by atoms with E-state index in [0.717, 1.165) is 10.2 Å². The molecule has 2 heterocycles. The van der Waals surface area contributed by atoms with E-state index in [4.69, 9.17) is 4.42 Å². The van der Waals surface area contributed by atoms with Crippen molar-refractivity contribution in [1.29, 1.82) is 0 Å². The average Bonchev–Trinajstić information content (AvgIpc) is 2.98. The van der Waals surface area contributed by atoms with Gasteiger partial charge in [-0.05, 0) is 24.3 Å². The van der Waals surface area contributed by atoms with Crippen LogP contribution >= 0.6 is 24.0 Å². The Kier molecular flexibility index (Phi) is 3.28. The first-order valence-corrected chi connectivity index (χ1v) is 8.06. The number of rotatable bonds is 2. The van der Waals surface area contributed by atoms with Gasteiger partial charge in [-0.25, -0.2) is 4.98 Å². The van der Waals surface area contributed by atoms with Crippen LogP contribution in [0.15, 0.2) is 57.7 Å². The number of hydrogen-bond donors (Lipinski definition) is 1. The summed E-state index contributed by atoms with van der Waals surface area (Å²) in [6.07, 6.45) is 0. The molecule has 0 bridgehead atoms. The van der Waals surface area contributed by atoms with Gasteiger partial charge < -0.3 is 4.42 Å². The van der Waals surface area contributed by atoms with E-state index in [2.05, 4.69) is 17.6 Å². The first-order chi connectivity index (χ1) is 11.1. The van der Waals surface area contributed by atoms with Gasteiger partial charge in [-0.1, -0.05) is 36.9 Å². The Labute approximate surface area is 139 Å². The Bertz CT molecular complexity index is 1090. The minimum Gasteiger partial charge on any atom is -0.451 e. The maximum Gasteiger partial charge on any atom is 0.252 e. The van der Waals surface area contributed by atoms with Crippen LogP contribution in [-0.4, -0.2) is 10.1 Å². The third kappa shape index (κ3) is 2.27. The van der Waals surface area contributed by atoms with Crippen molar-refractivity contribution in [1.82, 2.24) is 4.98 Å². The van der Waals surface area contributed by atoms with Crippen LogP contribution in [0.1, 0.15) is 10.6 Å². The number of carbonyl (C=O) groups is 1. The molecule has 2 aromatic carbocycles. The number of aromatic nitrogens is 1. The van der Waals surface area contributed by atoms with Crippen LogP contribution in [0.2, 0.25) is 0 Å². The molecule has 0 atom stereocenters. The molecule has 0 radical (unpaired) electrons. The quantitative estimate of drug-likeness (QED) is 0.558. The molecule has 0 aliphatic carbocycles. The molecule has 0 aliphatic rings. The zero-order valence-electron chi connectivity index (χ0n) is 11.6. The standard InChI is InChI=1S/C17H9NO3S2/c19-14-9-5-1-3-7-11(9)21-15(17(20)22)13(14)16-18-10-6-2-4-8-12(10)23-16/h1-8H,(H,20,22). The predicted octanol–water partition coefficient (Wildman–Crippen LogP) is 4.14. The van der Waals surface area contributed by atoms with Gasteiger partial charge in [-0.15, -0.1) is 11.3 Å². The highest BCUT2D eigenvalue weighted by molar-refractivity contribution is 7.97. The van der Waals surface area contributed by atoms with E-state index in [-0.39, 0.29) is 16.8 Å². The van der Waals surface area contributed by atoms with Crippen LogP contribution in [0.3, 0.4) is 0 Å². The third-order valence-electron chi connectivity index (χ3n) is 3.50. The van der Waals surface area contributed by atoms with Crippen molar-refractivity contribution in [3.05, 3.63) is 64.5 Å². The van der Waals surface area contributed by atoms with E-state index in [1.165, 1.54) is 11.3 Å². The molecule has 0 spiro atoms. The fraction of sp³-hybridized carbons (Fsp3) is 0. The van der Waals surface area contributed by atoms with Crippen LogP contribution in [0.4, 0.5) is 0 Å². The Balaban J connectivity index is 2.12. The second-order valence-electron chi connectivity index (χ2n) is 4.92. The molecular weight excluding hydrogens is 330 g/mol. The van der Waals surface area contributed by atoms with Crippen molar-refractivity contribution >= 4 is 50.3 Å². The van der Waals surface area contributed by atoms with Gasteiger partial charge in [0.15, 0.2) is 5.76 Å². The molecule has 0 unspecified atom stereocenters. The molecule has 4 rings (SSSR count). The Morgan fingerprint density at radius 2 is 1.83 bits per heavy atom. The molecule has 112 valence electrons. The van der Waals surface area contributed by atoms with Gasteiger partial charge in [0.25, 0.3) is 5.12 Å². The van der Waals surface area contributed by atoms with Gasteiger partial charge in [0, 0.05) is 0 Å². The van der Waals surface area contributed by atoms with Crippen molar-refractivity contribution in [3.63, 3.8) is 0 Å². The minimum absolute atomic E-state index is 0.0731. The molecule has 0 aliphatic heterocycles. The molecule has 0 N–H and O–H groups in total. The summed E-state index contributed by atoms with van der Waals surface area (Å²) in [4.78, 5) is 29.2. The summed E-state index contributed by atoms with van der Waals surface area (Å²) in [6, 6.07) is 14.4. The maximum atomic E-state index is 12.9. The molecule has 0 fully saturated rings. The van der Waals surface area contributed by atoms with Gasteiger partial charge in [0.05, 0.1) is 15.6 Å². The second-order valence-corrected chi connectivity index (χ2v) is 6.36. The summed E-state index contributed by atoms with van der Waals surface area (Å²) in [5, 5.41) is 0.283. The molecule has 6 heteroatoms. The molecule has 0 saturated heterocycles. The lowest BCUT2D eigenvalue weighted by molar-refractivity contribution is 0.106. The summed E-state index contributed by atoms with van der Waals surface area (Å²) in [5.74, 6) is -0.0731. The minimum atomic E-state index is -0.595. The molecular formula is C17H9NO3S2. The monoisotopic (exact) mass is 339 g/mol. The summed E-state index contributed by atoms with van der Waals surface area (Å²) >= 11 is 5.20. The lowest BCUT2D eigenvalue weighted by atomic mass is 10.1. The number of hydrogen-bond acceptors (Lipinski definition) is 5. The van der Waals surface area contributed by atoms with E-state index < -0.39 is 5.12 Å². The summed E-state index contributed by atoms with van der Waals surface area (Å²) < 4.78 is 6.56. The van der Waals surface area contributed by atoms with Gasteiger partial charge in [0.1, 0.15) is 16.2 Å². The molecule has 23 heavy (non-hydrogen) atoms. The van der Waals surface area contributed by atoms with E-state index in [0.29, 0.717) is 16.0 Å². The Hall–Kier alpha value is -2.44. The van der Waals surface area contributed by atoms with Crippen molar-refractivity contribution < 1.29 is 9.21 Å². The van der Waals surface area contributed by atoms with Crippen LogP contribution in [0.25, 0.3) is 31.8 Å². The number of fused-ring (bicyclic) bond motifs is 2. The molecule has 0 saturated carbocycles. The fourth-order valence-corrected chi connectivity index (χ4v) is 3.63. The highest BCUT2D eigenvalue weighted by atomic mass is 32.1. The molecule has 2 aromatic heterocycles. The predicted molar refractivity (Wildman–Crippen MR) is 94.4 cm³/mol. The van der Waals surface area contributed by atoms with E-state index >= 15 is 0 Å². The molecule has 0 amide bonds. The largest absolute Gasteiger partial charge is 0.451 e. The van der Waals surface area contributed by atoms with Gasteiger partial charge in [-0.3, -0.25) is 9.59 Å². The second kappa shape index (κ2) is 5.33. The highest BCUT2D eigenvalue weighted by Crippen LogP contribution is 2.32. The van der Waals surface area contributed by atoms with Gasteiger partial charge >= 0.3 is 0 Å². The number of thiol groups is 1. The Morgan fingerprint density at radius 3 is 2.61 bits per heavy atom. The van der Waals surface area contributed by atoms with E-state index in [9.17, 15) is 9.59 Å². The lowest BCUT2D eigenvalue weighted by Gasteiger charge is -2.04. The molecule has 4 nitrogen and oxygen atoms in total. The topological polar surface area (TPSA) is 60.2 Å². The van der Waals surface area contributed by atoms with Crippen molar-refractivity contribution in [2.75, 3.05) is 0 Å². The molecule has 4 aromatic rings. The summed E-state index contributed by atoms with van der Waals surface area (Å²) in [5.41, 5.74) is 1.03. The van der Waals surface area contributed by atoms with Gasteiger partial charge in [0.2, 0.25) is 5.43 Å². The van der Waals surface area contributed by atoms with Crippen molar-refractivity contribution in [2.24, 2.45) is 0 Å². The van der Waals surface area contributed by atoms with E-state index in [1.54, 1.807) is 24.3 Å². The third-order valence-corrected chi connectivity index (χ3v) is 4.76. The smallest absolute Gasteiger partial charge is 0.252 e. The van der Waals surface area contributed by atoms with Crippen LogP contribution in [0.5, 0.6) is 0 Å². The SMILES string of the molecule is O=C(S)c1oc2ccccc2c(=O)c1-c1nc2ccccc2s1. The summed E-state index contributed by atoms with van der Waals surface area (Å²) in [6.45, 7) is 0. The zero-order chi connectivity index (χ0) is 16.0. The van der Waals surface area contributed by atoms with Gasteiger partial charge in [-0.2, -0.15) is 0 Å². The maximum absolute atomic E-state index is 12.9. The average molecular weight is 339 g/mol. The number of thiazole rings is 1. The highest BCUT2D eigenvalue weighted by Gasteiger charge is 2.22. The fourth-order valence-electron chi connectivity index (χ4n) is 2.47. The van der Waals surface area contributed by atoms with Crippen molar-refractivity contribution in [2.45, 2.75) is 0 Å². The number of nitrogens with zero attached hydrogens (tertiary/aromatic N) is 1. The van der Waals surface area contributed by atoms with Crippen LogP contribution < -0.4 is 5.43 Å².